The summed E-state index contributed by atoms with van der Waals surface area (Å²) >= 11 is 3.46. The first kappa shape index (κ1) is 17.7. The molecule has 0 saturated carbocycles. The number of nitrogens with zero attached hydrogens (tertiary/aromatic N) is 3. The normalized spacial score (nSPS) is 29.0. The number of fused-ring (bicyclic) bond motifs is 1. The molecule has 1 fully saturated rings. The summed E-state index contributed by atoms with van der Waals surface area (Å²) in [6.45, 7) is 2.23. The lowest BCUT2D eigenvalue weighted by molar-refractivity contribution is 0.0940. The van der Waals surface area contributed by atoms with Crippen LogP contribution in [0.2, 0.25) is 0 Å². The second-order valence-corrected chi connectivity index (χ2v) is 8.28. The highest BCUT2D eigenvalue weighted by molar-refractivity contribution is 8.13. The standard InChI is InChI=1S/C18H24N4S2/c1-3-4-8-13-11-16(24-14-9-6-5-7-10-14)22-17(20-13)15(12-19)18(21-22)23-2/h5-7,9-10,13,15-17,20H,3-4,8,11H2,1-2H3. The van der Waals surface area contributed by atoms with Crippen LogP contribution in [-0.2, 0) is 0 Å². The molecule has 0 bridgehead atoms. The Morgan fingerprint density at radius 3 is 2.83 bits per heavy atom. The van der Waals surface area contributed by atoms with Crippen LogP contribution < -0.4 is 5.32 Å². The van der Waals surface area contributed by atoms with Crippen molar-refractivity contribution >= 4 is 28.6 Å². The minimum atomic E-state index is -0.164. The molecule has 4 unspecified atom stereocenters. The van der Waals surface area contributed by atoms with Gasteiger partial charge < -0.3 is 0 Å². The highest BCUT2D eigenvalue weighted by Crippen LogP contribution is 2.39. The van der Waals surface area contributed by atoms with Gasteiger partial charge in [0.1, 0.15) is 22.5 Å². The molecular weight excluding hydrogens is 336 g/mol. The van der Waals surface area contributed by atoms with Gasteiger partial charge in [0.05, 0.1) is 6.07 Å². The van der Waals surface area contributed by atoms with E-state index in [1.807, 2.05) is 24.1 Å². The quantitative estimate of drug-likeness (QED) is 0.856. The molecule has 0 spiro atoms. The van der Waals surface area contributed by atoms with E-state index in [-0.39, 0.29) is 17.5 Å². The van der Waals surface area contributed by atoms with E-state index >= 15 is 0 Å². The molecule has 1 aromatic rings. The van der Waals surface area contributed by atoms with Crippen LogP contribution in [0.25, 0.3) is 0 Å². The van der Waals surface area contributed by atoms with Crippen molar-refractivity contribution < 1.29 is 0 Å². The number of nitrogens with one attached hydrogen (secondary N) is 1. The van der Waals surface area contributed by atoms with Crippen molar-refractivity contribution in [2.75, 3.05) is 6.26 Å². The van der Waals surface area contributed by atoms with Gasteiger partial charge >= 0.3 is 0 Å². The first-order chi connectivity index (χ1) is 11.8. The van der Waals surface area contributed by atoms with Gasteiger partial charge in [0, 0.05) is 10.9 Å². The zero-order valence-corrected chi connectivity index (χ0v) is 15.8. The summed E-state index contributed by atoms with van der Waals surface area (Å²) in [6, 6.07) is 13.4. The number of benzene rings is 1. The number of hydrazone groups is 1. The van der Waals surface area contributed by atoms with Crippen LogP contribution >= 0.6 is 23.5 Å². The van der Waals surface area contributed by atoms with Gasteiger partial charge in [-0.25, -0.2) is 0 Å². The molecule has 3 rings (SSSR count). The van der Waals surface area contributed by atoms with Crippen molar-refractivity contribution in [2.45, 2.75) is 55.1 Å². The smallest absolute Gasteiger partial charge is 0.131 e. The Kier molecular flexibility index (Phi) is 6.09. The van der Waals surface area contributed by atoms with Crippen LogP contribution in [0.15, 0.2) is 40.3 Å². The zero-order chi connectivity index (χ0) is 16.9. The maximum absolute atomic E-state index is 9.63. The Bertz CT molecular complexity index is 613. The highest BCUT2D eigenvalue weighted by Gasteiger charge is 2.45. The van der Waals surface area contributed by atoms with E-state index in [4.69, 9.17) is 5.10 Å². The van der Waals surface area contributed by atoms with Gasteiger partial charge in [-0.3, -0.25) is 10.3 Å². The van der Waals surface area contributed by atoms with Crippen LogP contribution in [0.5, 0.6) is 0 Å². The van der Waals surface area contributed by atoms with E-state index in [0.29, 0.717) is 6.04 Å². The number of hydrogen-bond acceptors (Lipinski definition) is 6. The fourth-order valence-electron chi connectivity index (χ4n) is 3.31. The lowest BCUT2D eigenvalue weighted by Crippen LogP contribution is -2.57. The zero-order valence-electron chi connectivity index (χ0n) is 14.2. The summed E-state index contributed by atoms with van der Waals surface area (Å²) in [7, 11) is 0. The fraction of sp³-hybridized carbons (Fsp3) is 0.556. The Balaban J connectivity index is 1.81. The third-order valence-corrected chi connectivity index (χ3v) is 6.52. The minimum absolute atomic E-state index is 0.00858. The lowest BCUT2D eigenvalue weighted by Gasteiger charge is -2.42. The van der Waals surface area contributed by atoms with Gasteiger partial charge in [0.15, 0.2) is 0 Å². The number of rotatable bonds is 5. The van der Waals surface area contributed by atoms with Crippen molar-refractivity contribution in [1.29, 1.82) is 5.26 Å². The van der Waals surface area contributed by atoms with Gasteiger partial charge in [-0.2, -0.15) is 10.4 Å². The van der Waals surface area contributed by atoms with Gasteiger partial charge in [-0.15, -0.1) is 11.8 Å². The van der Waals surface area contributed by atoms with Crippen LogP contribution in [0.1, 0.15) is 32.6 Å². The van der Waals surface area contributed by atoms with E-state index in [0.717, 1.165) is 11.5 Å². The monoisotopic (exact) mass is 360 g/mol. The van der Waals surface area contributed by atoms with E-state index in [2.05, 4.69) is 47.6 Å². The average Bonchev–Trinajstić information content (AvgIpc) is 2.98. The van der Waals surface area contributed by atoms with Crippen LogP contribution in [-0.4, -0.2) is 33.9 Å². The van der Waals surface area contributed by atoms with Gasteiger partial charge in [-0.1, -0.05) is 49.7 Å². The number of nitriles is 1. The molecule has 0 aliphatic carbocycles. The maximum atomic E-state index is 9.63. The summed E-state index contributed by atoms with van der Waals surface area (Å²) < 4.78 is 0. The largest absolute Gasteiger partial charge is 0.292 e. The molecule has 2 aliphatic rings. The topological polar surface area (TPSA) is 51.4 Å². The van der Waals surface area contributed by atoms with Crippen LogP contribution in [0.3, 0.4) is 0 Å². The molecule has 1 N–H and O–H groups in total. The van der Waals surface area contributed by atoms with Crippen LogP contribution in [0.4, 0.5) is 0 Å². The van der Waals surface area contributed by atoms with Crippen molar-refractivity contribution in [2.24, 2.45) is 11.0 Å². The van der Waals surface area contributed by atoms with Crippen molar-refractivity contribution in [1.82, 2.24) is 10.3 Å². The first-order valence-corrected chi connectivity index (χ1v) is 10.7. The third-order valence-electron chi connectivity index (χ3n) is 4.54. The predicted molar refractivity (Wildman–Crippen MR) is 103 cm³/mol. The maximum Gasteiger partial charge on any atom is 0.131 e. The Hall–Kier alpha value is -1.16. The molecule has 0 radical (unpaired) electrons. The first-order valence-electron chi connectivity index (χ1n) is 8.55. The van der Waals surface area contributed by atoms with Crippen molar-refractivity contribution in [3.05, 3.63) is 30.3 Å². The Morgan fingerprint density at radius 1 is 1.38 bits per heavy atom. The number of hydrogen-bond donors (Lipinski definition) is 1. The fourth-order valence-corrected chi connectivity index (χ4v) is 5.16. The minimum Gasteiger partial charge on any atom is -0.292 e. The lowest BCUT2D eigenvalue weighted by atomic mass is 10.0. The van der Waals surface area contributed by atoms with Crippen molar-refractivity contribution in [3.63, 3.8) is 0 Å². The molecular formula is C18H24N4S2. The van der Waals surface area contributed by atoms with Crippen molar-refractivity contribution in [3.8, 4) is 6.07 Å². The van der Waals surface area contributed by atoms with E-state index < -0.39 is 0 Å². The molecule has 2 heterocycles. The summed E-state index contributed by atoms with van der Waals surface area (Å²) in [5.74, 6) is -0.164. The molecule has 1 aromatic carbocycles. The Labute approximate surface area is 153 Å². The number of unbranched alkanes of at least 4 members (excludes halogenated alkanes) is 1. The molecule has 1 saturated heterocycles. The summed E-state index contributed by atoms with van der Waals surface area (Å²) in [4.78, 5) is 1.26. The third kappa shape index (κ3) is 3.74. The van der Waals surface area contributed by atoms with Gasteiger partial charge in [0.2, 0.25) is 0 Å². The highest BCUT2D eigenvalue weighted by atomic mass is 32.2. The summed E-state index contributed by atoms with van der Waals surface area (Å²) in [5, 5.41) is 21.5. The molecule has 128 valence electrons. The number of thioether (sulfide) groups is 2. The molecule has 4 atom stereocenters. The van der Waals surface area contributed by atoms with E-state index in [9.17, 15) is 5.26 Å². The Morgan fingerprint density at radius 2 is 2.17 bits per heavy atom. The molecule has 6 heteroatoms. The molecule has 24 heavy (non-hydrogen) atoms. The van der Waals surface area contributed by atoms with Gasteiger partial charge in [0.25, 0.3) is 0 Å². The second-order valence-electron chi connectivity index (χ2n) is 6.20. The average molecular weight is 361 g/mol. The molecule has 4 nitrogen and oxygen atoms in total. The van der Waals surface area contributed by atoms with E-state index in [1.165, 1.54) is 24.2 Å². The summed E-state index contributed by atoms with van der Waals surface area (Å²) in [5.41, 5.74) is 0. The molecule has 0 aromatic heterocycles. The summed E-state index contributed by atoms with van der Waals surface area (Å²) in [6.07, 6.45) is 6.67. The van der Waals surface area contributed by atoms with Gasteiger partial charge in [-0.05, 0) is 31.2 Å². The van der Waals surface area contributed by atoms with Crippen LogP contribution in [0, 0.1) is 17.2 Å². The second kappa shape index (κ2) is 8.28. The molecule has 0 amide bonds. The SMILES string of the molecule is CCCCC1CC(Sc2ccccc2)N2N=C(SC)C(C#N)C2N1. The van der Waals surface area contributed by atoms with E-state index in [1.54, 1.807) is 11.8 Å². The predicted octanol–water partition coefficient (Wildman–Crippen LogP) is 4.11. The molecule has 2 aliphatic heterocycles.